The number of methoxy groups -OCH3 is 2. The molecule has 2 aromatic carbocycles. The monoisotopic (exact) mass is 385 g/mol. The van der Waals surface area contributed by atoms with Gasteiger partial charge in [0.25, 0.3) is 0 Å². The fourth-order valence-electron chi connectivity index (χ4n) is 3.09. The molecule has 8 heteroatoms. The normalized spacial score (nSPS) is 14.8. The Balaban J connectivity index is 1.71. The number of amides is 1. The number of hydrogen-bond donors (Lipinski definition) is 2. The molecule has 1 aliphatic heterocycles. The van der Waals surface area contributed by atoms with Gasteiger partial charge in [-0.25, -0.2) is 4.79 Å². The van der Waals surface area contributed by atoms with Crippen LogP contribution in [0.1, 0.15) is 34.0 Å². The summed E-state index contributed by atoms with van der Waals surface area (Å²) in [7, 11) is 2.90. The van der Waals surface area contributed by atoms with E-state index in [1.165, 1.54) is 14.2 Å². The number of aliphatic carboxylic acids is 1. The van der Waals surface area contributed by atoms with E-state index in [4.69, 9.17) is 19.3 Å². The lowest BCUT2D eigenvalue weighted by Gasteiger charge is -2.12. The molecule has 3 rings (SSSR count). The van der Waals surface area contributed by atoms with E-state index in [1.807, 2.05) is 0 Å². The molecule has 1 heterocycles. The van der Waals surface area contributed by atoms with Crippen molar-refractivity contribution in [3.63, 3.8) is 0 Å². The summed E-state index contributed by atoms with van der Waals surface area (Å²) in [4.78, 5) is 35.3. The second-order valence-electron chi connectivity index (χ2n) is 6.18. The molecule has 0 spiro atoms. The third kappa shape index (κ3) is 3.90. The highest BCUT2D eigenvalue weighted by atomic mass is 16.6. The van der Waals surface area contributed by atoms with Gasteiger partial charge in [-0.05, 0) is 23.8 Å². The van der Waals surface area contributed by atoms with E-state index in [0.717, 1.165) is 0 Å². The molecule has 0 aromatic heterocycles. The Morgan fingerprint density at radius 3 is 2.43 bits per heavy atom. The number of cyclic esters (lactones) is 1. The van der Waals surface area contributed by atoms with Gasteiger partial charge in [-0.15, -0.1) is 0 Å². The van der Waals surface area contributed by atoms with Gasteiger partial charge in [0.15, 0.2) is 11.5 Å². The molecule has 0 radical (unpaired) electrons. The zero-order valence-corrected chi connectivity index (χ0v) is 15.4. The molecule has 1 atom stereocenters. The van der Waals surface area contributed by atoms with Crippen molar-refractivity contribution >= 4 is 23.5 Å². The molecule has 0 fully saturated rings. The quantitative estimate of drug-likeness (QED) is 0.705. The smallest absolute Gasteiger partial charge is 0.343 e. The van der Waals surface area contributed by atoms with Crippen molar-refractivity contribution in [3.05, 3.63) is 53.1 Å². The minimum atomic E-state index is -0.925. The van der Waals surface area contributed by atoms with Gasteiger partial charge in [-0.2, -0.15) is 0 Å². The van der Waals surface area contributed by atoms with Gasteiger partial charge in [0.1, 0.15) is 11.7 Å². The summed E-state index contributed by atoms with van der Waals surface area (Å²) in [5.41, 5.74) is 1.98. The second-order valence-corrected chi connectivity index (χ2v) is 6.18. The summed E-state index contributed by atoms with van der Waals surface area (Å²) in [6.07, 6.45) is -0.881. The molecule has 1 aliphatic rings. The van der Waals surface area contributed by atoms with Crippen LogP contribution in [-0.4, -0.2) is 37.2 Å². The second kappa shape index (κ2) is 7.99. The fourth-order valence-corrected chi connectivity index (χ4v) is 3.09. The first-order valence-electron chi connectivity index (χ1n) is 8.49. The maximum absolute atomic E-state index is 12.4. The van der Waals surface area contributed by atoms with Crippen LogP contribution in [0.25, 0.3) is 0 Å². The standard InChI is InChI=1S/C20H19NO7/c1-26-14-8-7-13-15(28-20(25)18(13)19(14)27-2)10-16(22)21-12-5-3-11(4-6-12)9-17(23)24/h3-8,15H,9-10H2,1-2H3,(H,21,22)(H,23,24). The molecule has 0 aliphatic carbocycles. The van der Waals surface area contributed by atoms with Gasteiger partial charge in [0.05, 0.1) is 27.1 Å². The number of esters is 1. The summed E-state index contributed by atoms with van der Waals surface area (Å²) in [5.74, 6) is -1.15. The molecular formula is C20H19NO7. The molecule has 1 amide bonds. The number of ether oxygens (including phenoxy) is 3. The minimum absolute atomic E-state index is 0.0644. The molecular weight excluding hydrogens is 366 g/mol. The Kier molecular flexibility index (Phi) is 5.49. The van der Waals surface area contributed by atoms with Crippen molar-refractivity contribution in [2.24, 2.45) is 0 Å². The first-order valence-corrected chi connectivity index (χ1v) is 8.49. The Morgan fingerprint density at radius 1 is 1.11 bits per heavy atom. The van der Waals surface area contributed by atoms with Crippen molar-refractivity contribution in [3.8, 4) is 11.5 Å². The molecule has 28 heavy (non-hydrogen) atoms. The van der Waals surface area contributed by atoms with E-state index in [9.17, 15) is 14.4 Å². The van der Waals surface area contributed by atoms with Gasteiger partial charge < -0.3 is 24.6 Å². The fraction of sp³-hybridized carbons (Fsp3) is 0.250. The summed E-state index contributed by atoms with van der Waals surface area (Å²) in [6.45, 7) is 0. The number of carbonyl (C=O) groups excluding carboxylic acids is 2. The van der Waals surface area contributed by atoms with Crippen LogP contribution in [0.5, 0.6) is 11.5 Å². The predicted molar refractivity (Wildman–Crippen MR) is 98.7 cm³/mol. The van der Waals surface area contributed by atoms with Crippen LogP contribution in [0, 0.1) is 0 Å². The lowest BCUT2D eigenvalue weighted by atomic mass is 10.0. The lowest BCUT2D eigenvalue weighted by molar-refractivity contribution is -0.136. The molecule has 2 N–H and O–H groups in total. The zero-order chi connectivity index (χ0) is 20.3. The maximum Gasteiger partial charge on any atom is 0.343 e. The number of benzene rings is 2. The Labute approximate surface area is 161 Å². The number of anilines is 1. The maximum atomic E-state index is 12.4. The van der Waals surface area contributed by atoms with E-state index in [0.29, 0.717) is 22.6 Å². The topological polar surface area (TPSA) is 111 Å². The summed E-state index contributed by atoms with van der Waals surface area (Å²) >= 11 is 0. The number of carboxylic acid groups (broad SMARTS) is 1. The Bertz CT molecular complexity index is 921. The van der Waals surface area contributed by atoms with Crippen LogP contribution >= 0.6 is 0 Å². The summed E-state index contributed by atoms with van der Waals surface area (Å²) in [6, 6.07) is 9.85. The molecule has 8 nitrogen and oxygen atoms in total. The third-order valence-electron chi connectivity index (χ3n) is 4.34. The average Bonchev–Trinajstić information content (AvgIpc) is 2.97. The highest BCUT2D eigenvalue weighted by Crippen LogP contribution is 2.43. The molecule has 0 saturated carbocycles. The van der Waals surface area contributed by atoms with Crippen molar-refractivity contribution < 1.29 is 33.7 Å². The van der Waals surface area contributed by atoms with Crippen LogP contribution < -0.4 is 14.8 Å². The molecule has 0 saturated heterocycles. The predicted octanol–water partition coefficient (Wildman–Crippen LogP) is 2.57. The third-order valence-corrected chi connectivity index (χ3v) is 4.34. The summed E-state index contributed by atoms with van der Waals surface area (Å²) < 4.78 is 15.8. The molecule has 2 aromatic rings. The van der Waals surface area contributed by atoms with Gasteiger partial charge in [0.2, 0.25) is 5.91 Å². The SMILES string of the molecule is COc1ccc2c(c1OC)C(=O)OC2CC(=O)Nc1ccc(CC(=O)O)cc1. The molecule has 0 bridgehead atoms. The van der Waals surface area contributed by atoms with Gasteiger partial charge in [0, 0.05) is 11.3 Å². The van der Waals surface area contributed by atoms with Crippen LogP contribution in [0.2, 0.25) is 0 Å². The van der Waals surface area contributed by atoms with Crippen molar-refractivity contribution in [2.45, 2.75) is 18.9 Å². The van der Waals surface area contributed by atoms with Crippen LogP contribution in [0.3, 0.4) is 0 Å². The summed E-state index contributed by atoms with van der Waals surface area (Å²) in [5, 5.41) is 11.5. The van der Waals surface area contributed by atoms with Gasteiger partial charge in [-0.1, -0.05) is 18.2 Å². The number of hydrogen-bond acceptors (Lipinski definition) is 6. The van der Waals surface area contributed by atoms with E-state index in [2.05, 4.69) is 5.32 Å². The van der Waals surface area contributed by atoms with Crippen LogP contribution in [0.4, 0.5) is 5.69 Å². The highest BCUT2D eigenvalue weighted by molar-refractivity contribution is 5.99. The van der Waals surface area contributed by atoms with Gasteiger partial charge in [-0.3, -0.25) is 9.59 Å². The zero-order valence-electron chi connectivity index (χ0n) is 15.4. The van der Waals surface area contributed by atoms with Crippen LogP contribution in [-0.2, 0) is 20.7 Å². The largest absolute Gasteiger partial charge is 0.493 e. The Morgan fingerprint density at radius 2 is 1.82 bits per heavy atom. The highest BCUT2D eigenvalue weighted by Gasteiger charge is 2.36. The van der Waals surface area contributed by atoms with Crippen molar-refractivity contribution in [2.75, 3.05) is 19.5 Å². The molecule has 1 unspecified atom stereocenters. The minimum Gasteiger partial charge on any atom is -0.493 e. The molecule has 146 valence electrons. The number of rotatable bonds is 7. The van der Waals surface area contributed by atoms with Crippen molar-refractivity contribution in [1.82, 2.24) is 0 Å². The van der Waals surface area contributed by atoms with E-state index < -0.39 is 18.0 Å². The van der Waals surface area contributed by atoms with Crippen molar-refractivity contribution in [1.29, 1.82) is 0 Å². The van der Waals surface area contributed by atoms with Gasteiger partial charge >= 0.3 is 11.9 Å². The number of nitrogens with one attached hydrogen (secondary N) is 1. The van der Waals surface area contributed by atoms with E-state index in [1.54, 1.807) is 36.4 Å². The Hall–Kier alpha value is -3.55. The van der Waals surface area contributed by atoms with E-state index in [-0.39, 0.29) is 30.1 Å². The average molecular weight is 385 g/mol. The first kappa shape index (κ1) is 19.2. The first-order chi connectivity index (χ1) is 13.4. The lowest BCUT2D eigenvalue weighted by Crippen LogP contribution is -2.15. The van der Waals surface area contributed by atoms with E-state index >= 15 is 0 Å². The number of carbonyl (C=O) groups is 3. The number of carboxylic acids is 1. The number of fused-ring (bicyclic) bond motifs is 1. The van der Waals surface area contributed by atoms with Crippen LogP contribution in [0.15, 0.2) is 36.4 Å².